The van der Waals surface area contributed by atoms with Gasteiger partial charge in [-0.25, -0.2) is 8.78 Å². The molecule has 0 amide bonds. The van der Waals surface area contributed by atoms with E-state index in [2.05, 4.69) is 9.47 Å². The van der Waals surface area contributed by atoms with E-state index >= 15 is 0 Å². The van der Waals surface area contributed by atoms with Crippen LogP contribution in [0.5, 0.6) is 11.5 Å². The molecule has 66 valence electrons. The lowest BCUT2D eigenvalue weighted by Crippen LogP contribution is -1.94. The summed E-state index contributed by atoms with van der Waals surface area (Å²) in [5.74, 6) is -1.80. The maximum Gasteiger partial charge on any atom is 0.190 e. The van der Waals surface area contributed by atoms with Crippen LogP contribution in [-0.2, 0) is 0 Å². The summed E-state index contributed by atoms with van der Waals surface area (Å²) in [6, 6.07) is 2.11. The number of hydrogen-bond acceptors (Lipinski definition) is 2. The molecule has 1 aromatic carbocycles. The summed E-state index contributed by atoms with van der Waals surface area (Å²) in [7, 11) is 2.54. The van der Waals surface area contributed by atoms with Crippen molar-refractivity contribution >= 4 is 0 Å². The highest BCUT2D eigenvalue weighted by atomic mass is 19.1. The third-order valence-electron chi connectivity index (χ3n) is 1.41. The third kappa shape index (κ3) is 1.47. The number of rotatable bonds is 2. The molecule has 0 N–H and O–H groups in total. The molecule has 4 heteroatoms. The number of halogens is 2. The fourth-order valence-corrected chi connectivity index (χ4v) is 0.849. The molecule has 0 bridgehead atoms. The van der Waals surface area contributed by atoms with Gasteiger partial charge in [-0.2, -0.15) is 0 Å². The second-order valence-electron chi connectivity index (χ2n) is 2.12. The summed E-state index contributed by atoms with van der Waals surface area (Å²) in [5.41, 5.74) is 0. The van der Waals surface area contributed by atoms with E-state index in [9.17, 15) is 8.78 Å². The number of hydrogen-bond donors (Lipinski definition) is 0. The van der Waals surface area contributed by atoms with Gasteiger partial charge in [0.15, 0.2) is 17.4 Å². The van der Waals surface area contributed by atoms with Gasteiger partial charge in [0.1, 0.15) is 5.75 Å². The van der Waals surface area contributed by atoms with Gasteiger partial charge in [0.2, 0.25) is 0 Å². The topological polar surface area (TPSA) is 18.5 Å². The number of benzene rings is 1. The Morgan fingerprint density at radius 1 is 1.00 bits per heavy atom. The largest absolute Gasteiger partial charge is 0.497 e. The lowest BCUT2D eigenvalue weighted by Gasteiger charge is -2.05. The SMILES string of the molecule is COc1cc(F)c(OC)c(F)c1. The molecule has 12 heavy (non-hydrogen) atoms. The maximum absolute atomic E-state index is 12.9. The van der Waals surface area contributed by atoms with E-state index < -0.39 is 17.4 Å². The normalized spacial score (nSPS) is 9.67. The molecule has 0 heterocycles. The minimum atomic E-state index is -0.769. The van der Waals surface area contributed by atoms with Crippen LogP contribution in [0.4, 0.5) is 8.78 Å². The van der Waals surface area contributed by atoms with E-state index in [1.807, 2.05) is 0 Å². The van der Waals surface area contributed by atoms with Gasteiger partial charge < -0.3 is 9.47 Å². The second-order valence-corrected chi connectivity index (χ2v) is 2.12. The maximum atomic E-state index is 12.9. The van der Waals surface area contributed by atoms with Crippen molar-refractivity contribution in [1.29, 1.82) is 0 Å². The second kappa shape index (κ2) is 3.38. The van der Waals surface area contributed by atoms with E-state index in [-0.39, 0.29) is 5.75 Å². The molecule has 1 aromatic rings. The zero-order chi connectivity index (χ0) is 9.14. The first-order valence-electron chi connectivity index (χ1n) is 3.26. The molecule has 0 aliphatic rings. The van der Waals surface area contributed by atoms with E-state index in [0.29, 0.717) is 0 Å². The lowest BCUT2D eigenvalue weighted by molar-refractivity contribution is 0.351. The van der Waals surface area contributed by atoms with Crippen LogP contribution in [0, 0.1) is 11.6 Å². The highest BCUT2D eigenvalue weighted by Crippen LogP contribution is 2.25. The van der Waals surface area contributed by atoms with Gasteiger partial charge in [-0.15, -0.1) is 0 Å². The minimum absolute atomic E-state index is 0.130. The van der Waals surface area contributed by atoms with Gasteiger partial charge in [-0.1, -0.05) is 0 Å². The van der Waals surface area contributed by atoms with Crippen LogP contribution in [0.25, 0.3) is 0 Å². The summed E-state index contributed by atoms with van der Waals surface area (Å²) < 4.78 is 34.8. The number of ether oxygens (including phenoxy) is 2. The Hall–Kier alpha value is -1.32. The van der Waals surface area contributed by atoms with Crippen molar-refractivity contribution < 1.29 is 18.3 Å². The molecule has 0 aliphatic carbocycles. The molecule has 0 aliphatic heterocycles. The molecule has 2 nitrogen and oxygen atoms in total. The van der Waals surface area contributed by atoms with Gasteiger partial charge in [-0.05, 0) is 0 Å². The first-order valence-corrected chi connectivity index (χ1v) is 3.26. The molecule has 0 spiro atoms. The standard InChI is InChI=1S/C8H8F2O2/c1-11-5-3-6(9)8(12-2)7(10)4-5/h3-4H,1-2H3. The van der Waals surface area contributed by atoms with E-state index in [1.54, 1.807) is 0 Å². The molecule has 0 saturated heterocycles. The van der Waals surface area contributed by atoms with Crippen molar-refractivity contribution in [3.8, 4) is 11.5 Å². The van der Waals surface area contributed by atoms with Crippen molar-refractivity contribution in [2.45, 2.75) is 0 Å². The van der Waals surface area contributed by atoms with Crippen LogP contribution < -0.4 is 9.47 Å². The summed E-state index contributed by atoms with van der Waals surface area (Å²) >= 11 is 0. The summed E-state index contributed by atoms with van der Waals surface area (Å²) in [4.78, 5) is 0. The molecule has 0 unspecified atom stereocenters. The van der Waals surface area contributed by atoms with E-state index in [1.165, 1.54) is 14.2 Å². The van der Waals surface area contributed by atoms with Crippen LogP contribution in [0.3, 0.4) is 0 Å². The molecule has 0 saturated carbocycles. The van der Waals surface area contributed by atoms with Gasteiger partial charge >= 0.3 is 0 Å². The van der Waals surface area contributed by atoms with Crippen LogP contribution in [0.2, 0.25) is 0 Å². The van der Waals surface area contributed by atoms with Crippen LogP contribution in [-0.4, -0.2) is 14.2 Å². The van der Waals surface area contributed by atoms with Crippen LogP contribution >= 0.6 is 0 Å². The van der Waals surface area contributed by atoms with Gasteiger partial charge in [0.25, 0.3) is 0 Å². The zero-order valence-electron chi connectivity index (χ0n) is 6.73. The molecular formula is C8H8F2O2. The minimum Gasteiger partial charge on any atom is -0.497 e. The zero-order valence-corrected chi connectivity index (χ0v) is 6.73. The Kier molecular flexibility index (Phi) is 2.47. The Morgan fingerprint density at radius 3 is 1.83 bits per heavy atom. The summed E-state index contributed by atoms with van der Waals surface area (Å²) in [5, 5.41) is 0. The van der Waals surface area contributed by atoms with Crippen molar-refractivity contribution in [2.75, 3.05) is 14.2 Å². The molecule has 1 rings (SSSR count). The van der Waals surface area contributed by atoms with Crippen molar-refractivity contribution in [3.05, 3.63) is 23.8 Å². The first-order chi connectivity index (χ1) is 5.69. The van der Waals surface area contributed by atoms with Gasteiger partial charge in [0.05, 0.1) is 14.2 Å². The van der Waals surface area contributed by atoms with E-state index in [0.717, 1.165) is 12.1 Å². The van der Waals surface area contributed by atoms with Crippen molar-refractivity contribution in [3.63, 3.8) is 0 Å². The fourth-order valence-electron chi connectivity index (χ4n) is 0.849. The summed E-state index contributed by atoms with van der Waals surface area (Å²) in [6.45, 7) is 0. The fraction of sp³-hybridized carbons (Fsp3) is 0.250. The molecule has 0 radical (unpaired) electrons. The summed E-state index contributed by atoms with van der Waals surface area (Å²) in [6.07, 6.45) is 0. The highest BCUT2D eigenvalue weighted by molar-refractivity contribution is 5.34. The van der Waals surface area contributed by atoms with Gasteiger partial charge in [0, 0.05) is 12.1 Å². The predicted molar refractivity (Wildman–Crippen MR) is 39.5 cm³/mol. The molecule has 0 aromatic heterocycles. The lowest BCUT2D eigenvalue weighted by atomic mass is 10.3. The number of methoxy groups -OCH3 is 2. The van der Waals surface area contributed by atoms with Crippen LogP contribution in [0.1, 0.15) is 0 Å². The Labute approximate surface area is 68.7 Å². The molecule has 0 atom stereocenters. The Balaban J connectivity index is 3.18. The first kappa shape index (κ1) is 8.77. The van der Waals surface area contributed by atoms with E-state index in [4.69, 9.17) is 0 Å². The molecule has 0 fully saturated rings. The molecular weight excluding hydrogens is 166 g/mol. The smallest absolute Gasteiger partial charge is 0.190 e. The van der Waals surface area contributed by atoms with Crippen molar-refractivity contribution in [1.82, 2.24) is 0 Å². The Morgan fingerprint density at radius 2 is 1.50 bits per heavy atom. The monoisotopic (exact) mass is 174 g/mol. The van der Waals surface area contributed by atoms with Gasteiger partial charge in [-0.3, -0.25) is 0 Å². The Bertz CT molecular complexity index is 263. The highest BCUT2D eigenvalue weighted by Gasteiger charge is 2.11. The quantitative estimate of drug-likeness (QED) is 0.682. The van der Waals surface area contributed by atoms with Crippen LogP contribution in [0.15, 0.2) is 12.1 Å². The predicted octanol–water partition coefficient (Wildman–Crippen LogP) is 1.98. The third-order valence-corrected chi connectivity index (χ3v) is 1.41. The van der Waals surface area contributed by atoms with Crippen molar-refractivity contribution in [2.24, 2.45) is 0 Å². The average molecular weight is 174 g/mol. The average Bonchev–Trinajstić information content (AvgIpc) is 2.03.